The highest BCUT2D eigenvalue weighted by Crippen LogP contribution is 2.73. The molecule has 0 amide bonds. The highest BCUT2D eigenvalue weighted by molar-refractivity contribution is 5.85. The minimum atomic E-state index is -0.376. The van der Waals surface area contributed by atoms with Crippen molar-refractivity contribution in [3.05, 3.63) is 0 Å². The first-order chi connectivity index (χ1) is 13.2. The van der Waals surface area contributed by atoms with Crippen LogP contribution in [0.3, 0.4) is 0 Å². The van der Waals surface area contributed by atoms with E-state index in [4.69, 9.17) is 9.47 Å². The van der Waals surface area contributed by atoms with Gasteiger partial charge >= 0.3 is 5.97 Å². The molecule has 0 radical (unpaired) electrons. The number of carbonyl (C=O) groups excluding carboxylic acids is 2. The Morgan fingerprint density at radius 2 is 1.89 bits per heavy atom. The van der Waals surface area contributed by atoms with Gasteiger partial charge in [0.15, 0.2) is 5.78 Å². The normalized spacial score (nSPS) is 54.0. The summed E-state index contributed by atoms with van der Waals surface area (Å²) >= 11 is 0. The Balaban J connectivity index is 1.38. The van der Waals surface area contributed by atoms with E-state index in [0.717, 1.165) is 51.4 Å². The van der Waals surface area contributed by atoms with Crippen LogP contribution in [0, 0.1) is 34.5 Å². The van der Waals surface area contributed by atoms with Gasteiger partial charge in [-0.25, -0.2) is 0 Å². The largest absolute Gasteiger partial charge is 0.458 e. The van der Waals surface area contributed by atoms with Crippen LogP contribution in [0.1, 0.15) is 72.1 Å². The van der Waals surface area contributed by atoms with E-state index in [1.165, 1.54) is 6.92 Å². The number of aliphatic hydroxyl groups excluding tert-OH is 1. The topological polar surface area (TPSA) is 76.1 Å². The van der Waals surface area contributed by atoms with Gasteiger partial charge in [-0.3, -0.25) is 9.59 Å². The zero-order valence-electron chi connectivity index (χ0n) is 17.4. The lowest BCUT2D eigenvalue weighted by Crippen LogP contribution is -2.58. The number of Topliss-reactive ketones (excluding diaryl/α,β-unsaturated/α-hetero) is 1. The van der Waals surface area contributed by atoms with E-state index in [-0.39, 0.29) is 46.8 Å². The van der Waals surface area contributed by atoms with Gasteiger partial charge in [0.05, 0.1) is 12.2 Å². The number of esters is 1. The predicted octanol–water partition coefficient (Wildman–Crippen LogP) is 3.27. The predicted molar refractivity (Wildman–Crippen MR) is 102 cm³/mol. The Bertz CT molecular complexity index is 705. The summed E-state index contributed by atoms with van der Waals surface area (Å²) in [7, 11) is 0. The fourth-order valence-electron chi connectivity index (χ4n) is 8.46. The highest BCUT2D eigenvalue weighted by atomic mass is 16.6. The molecule has 4 aliphatic carbocycles. The zero-order valence-corrected chi connectivity index (χ0v) is 17.4. The average Bonchev–Trinajstić information content (AvgIpc) is 3.21. The smallest absolute Gasteiger partial charge is 0.303 e. The minimum absolute atomic E-state index is 0.0191. The molecule has 5 heteroatoms. The molecule has 4 saturated carbocycles. The number of rotatable bonds is 3. The molecule has 1 N–H and O–H groups in total. The summed E-state index contributed by atoms with van der Waals surface area (Å²) in [6.45, 7) is 6.04. The molecule has 156 valence electrons. The van der Waals surface area contributed by atoms with Crippen LogP contribution in [0.25, 0.3) is 0 Å². The SMILES string of the molecule is CC(=O)OCC(=O)C1CCC2C3C[C@@H]4O[C@@]45CC(O)CCC5(C)C3CCC12C. The van der Waals surface area contributed by atoms with Crippen molar-refractivity contribution in [2.45, 2.75) is 89.9 Å². The maximum atomic E-state index is 12.8. The van der Waals surface area contributed by atoms with Crippen molar-refractivity contribution in [1.29, 1.82) is 0 Å². The third-order valence-electron chi connectivity index (χ3n) is 9.87. The molecule has 0 aromatic carbocycles. The van der Waals surface area contributed by atoms with Crippen molar-refractivity contribution >= 4 is 11.8 Å². The minimum Gasteiger partial charge on any atom is -0.458 e. The molecule has 0 aromatic heterocycles. The van der Waals surface area contributed by atoms with Crippen LogP contribution in [0.5, 0.6) is 0 Å². The van der Waals surface area contributed by atoms with Crippen LogP contribution in [-0.2, 0) is 19.1 Å². The lowest BCUT2D eigenvalue weighted by molar-refractivity contribution is -0.150. The molecule has 1 spiro atoms. The third kappa shape index (κ3) is 2.38. The molecular weight excluding hydrogens is 356 g/mol. The number of ether oxygens (including phenoxy) is 2. The molecular formula is C23H34O5. The van der Waals surface area contributed by atoms with E-state index in [9.17, 15) is 14.7 Å². The number of epoxide rings is 1. The lowest BCUT2D eigenvalue weighted by atomic mass is 9.44. The van der Waals surface area contributed by atoms with Gasteiger partial charge < -0.3 is 14.6 Å². The summed E-state index contributed by atoms with van der Waals surface area (Å²) in [5.74, 6) is 1.57. The standard InChI is InChI=1S/C23H34O5/c1-13(24)27-12-19(26)18-5-4-16-15-10-20-23(28-20)11-14(25)6-9-22(23,3)17(15)7-8-21(16,18)2/h14-18,20,25H,4-12H2,1-3H3/t14?,15?,16?,17?,18?,20-,21?,22?,23-/m0/s1. The maximum absolute atomic E-state index is 12.8. The lowest BCUT2D eigenvalue weighted by Gasteiger charge is -2.59. The fourth-order valence-corrected chi connectivity index (χ4v) is 8.46. The fraction of sp³-hybridized carbons (Fsp3) is 0.913. The van der Waals surface area contributed by atoms with Gasteiger partial charge in [-0.1, -0.05) is 13.8 Å². The molecule has 9 atom stereocenters. The van der Waals surface area contributed by atoms with Crippen LogP contribution in [0.2, 0.25) is 0 Å². The average molecular weight is 391 g/mol. The number of hydrogen-bond donors (Lipinski definition) is 1. The number of carbonyl (C=O) groups is 2. The summed E-state index contributed by atoms with van der Waals surface area (Å²) in [4.78, 5) is 24.0. The molecule has 0 bridgehead atoms. The van der Waals surface area contributed by atoms with Crippen molar-refractivity contribution < 1.29 is 24.2 Å². The first-order valence-corrected chi connectivity index (χ1v) is 11.2. The van der Waals surface area contributed by atoms with Gasteiger partial charge in [-0.05, 0) is 68.1 Å². The molecule has 28 heavy (non-hydrogen) atoms. The monoisotopic (exact) mass is 390 g/mol. The van der Waals surface area contributed by atoms with Crippen LogP contribution in [0.4, 0.5) is 0 Å². The Morgan fingerprint density at radius 1 is 1.11 bits per heavy atom. The van der Waals surface area contributed by atoms with Crippen LogP contribution < -0.4 is 0 Å². The molecule has 5 fully saturated rings. The van der Waals surface area contributed by atoms with Crippen molar-refractivity contribution in [2.24, 2.45) is 34.5 Å². The number of hydrogen-bond acceptors (Lipinski definition) is 5. The quantitative estimate of drug-likeness (QED) is 0.591. The summed E-state index contributed by atoms with van der Waals surface area (Å²) in [6, 6.07) is 0. The van der Waals surface area contributed by atoms with E-state index >= 15 is 0 Å². The van der Waals surface area contributed by atoms with Crippen molar-refractivity contribution in [1.82, 2.24) is 0 Å². The summed E-state index contributed by atoms with van der Waals surface area (Å²) in [5, 5.41) is 10.3. The summed E-state index contributed by atoms with van der Waals surface area (Å²) in [6.07, 6.45) is 8.20. The number of ketones is 1. The Morgan fingerprint density at radius 3 is 2.64 bits per heavy atom. The molecule has 1 saturated heterocycles. The van der Waals surface area contributed by atoms with E-state index in [1.807, 2.05) is 0 Å². The second-order valence-electron chi connectivity index (χ2n) is 10.8. The third-order valence-corrected chi connectivity index (χ3v) is 9.87. The summed E-state index contributed by atoms with van der Waals surface area (Å²) < 4.78 is 11.4. The number of fused-ring (bicyclic) bond motifs is 4. The van der Waals surface area contributed by atoms with Gasteiger partial charge in [-0.15, -0.1) is 0 Å². The highest BCUT2D eigenvalue weighted by Gasteiger charge is 2.76. The van der Waals surface area contributed by atoms with Crippen LogP contribution >= 0.6 is 0 Å². The van der Waals surface area contributed by atoms with Gasteiger partial charge in [0.2, 0.25) is 0 Å². The zero-order chi connectivity index (χ0) is 19.9. The van der Waals surface area contributed by atoms with Gasteiger partial charge in [0.1, 0.15) is 12.2 Å². The Hall–Kier alpha value is -0.940. The van der Waals surface area contributed by atoms with E-state index < -0.39 is 0 Å². The molecule has 0 aromatic rings. The van der Waals surface area contributed by atoms with Crippen LogP contribution in [0.15, 0.2) is 0 Å². The molecule has 5 rings (SSSR count). The Kier molecular flexibility index (Phi) is 4.11. The first kappa shape index (κ1) is 19.0. The van der Waals surface area contributed by atoms with Gasteiger partial charge in [-0.2, -0.15) is 0 Å². The number of aliphatic hydroxyl groups is 1. The molecule has 5 aliphatic rings. The molecule has 1 heterocycles. The molecule has 1 aliphatic heterocycles. The van der Waals surface area contributed by atoms with E-state index in [1.54, 1.807) is 0 Å². The summed E-state index contributed by atoms with van der Waals surface area (Å²) in [5.41, 5.74) is 0.113. The molecule has 7 unspecified atom stereocenters. The van der Waals surface area contributed by atoms with E-state index in [0.29, 0.717) is 23.9 Å². The second-order valence-corrected chi connectivity index (χ2v) is 10.8. The second kappa shape index (κ2) is 6.04. The van der Waals surface area contributed by atoms with Crippen molar-refractivity contribution in [3.8, 4) is 0 Å². The van der Waals surface area contributed by atoms with Crippen molar-refractivity contribution in [3.63, 3.8) is 0 Å². The maximum Gasteiger partial charge on any atom is 0.303 e. The first-order valence-electron chi connectivity index (χ1n) is 11.2. The van der Waals surface area contributed by atoms with E-state index in [2.05, 4.69) is 13.8 Å². The molecule has 5 nitrogen and oxygen atoms in total. The van der Waals surface area contributed by atoms with Crippen LogP contribution in [-0.4, -0.2) is 41.3 Å². The van der Waals surface area contributed by atoms with Crippen molar-refractivity contribution in [2.75, 3.05) is 6.61 Å². The van der Waals surface area contributed by atoms with Gasteiger partial charge in [0, 0.05) is 24.7 Å². The van der Waals surface area contributed by atoms with Gasteiger partial charge in [0.25, 0.3) is 0 Å². The Labute approximate surface area is 167 Å².